The van der Waals surface area contributed by atoms with E-state index in [4.69, 9.17) is 14.2 Å². The Bertz CT molecular complexity index is 530. The number of hydrogen-bond donors (Lipinski definition) is 0. The number of Topliss-reactive ketones (excluding diaryl/α,β-unsaturated/α-hetero) is 1. The van der Waals surface area contributed by atoms with Crippen LogP contribution >= 0.6 is 0 Å². The van der Waals surface area contributed by atoms with Crippen LogP contribution in [0.3, 0.4) is 0 Å². The zero-order valence-electron chi connectivity index (χ0n) is 10.1. The minimum Gasteiger partial charge on any atom is -0.460 e. The molecule has 0 saturated carbocycles. The number of ether oxygens (including phenoxy) is 3. The van der Waals surface area contributed by atoms with Crippen LogP contribution in [0.15, 0.2) is 30.2 Å². The van der Waals surface area contributed by atoms with Crippen LogP contribution < -0.4 is 9.47 Å². The molecule has 0 N–H and O–H groups in total. The summed E-state index contributed by atoms with van der Waals surface area (Å²) < 4.78 is 15.4. The molecule has 0 bridgehead atoms. The minimum atomic E-state index is -0.584. The first-order valence-corrected chi connectivity index (χ1v) is 5.48. The molecular weight excluding hydrogens is 236 g/mol. The number of esters is 1. The van der Waals surface area contributed by atoms with Crippen LogP contribution in [-0.4, -0.2) is 18.4 Å². The average Bonchev–Trinajstić information content (AvgIpc) is 2.37. The Hall–Kier alpha value is -2.30. The second kappa shape index (κ2) is 4.91. The summed E-state index contributed by atoms with van der Waals surface area (Å²) in [5.74, 6) is 0.113. The van der Waals surface area contributed by atoms with Gasteiger partial charge in [0.2, 0.25) is 5.76 Å². The van der Waals surface area contributed by atoms with Crippen molar-refractivity contribution in [1.29, 1.82) is 0 Å². The molecule has 1 aliphatic rings. The zero-order chi connectivity index (χ0) is 13.1. The number of rotatable bonds is 3. The van der Waals surface area contributed by atoms with E-state index in [9.17, 15) is 9.59 Å². The van der Waals surface area contributed by atoms with Crippen LogP contribution in [0.25, 0.3) is 0 Å². The van der Waals surface area contributed by atoms with Crippen molar-refractivity contribution >= 4 is 11.8 Å². The monoisotopic (exact) mass is 248 g/mol. The van der Waals surface area contributed by atoms with Crippen molar-refractivity contribution in [2.24, 2.45) is 0 Å². The Morgan fingerprint density at radius 2 is 2.06 bits per heavy atom. The summed E-state index contributed by atoms with van der Waals surface area (Å²) >= 11 is 0. The van der Waals surface area contributed by atoms with Gasteiger partial charge in [0.25, 0.3) is 0 Å². The molecule has 0 aromatic heterocycles. The molecule has 0 spiro atoms. The van der Waals surface area contributed by atoms with Crippen molar-refractivity contribution in [3.63, 3.8) is 0 Å². The number of hydrogen-bond acceptors (Lipinski definition) is 5. The number of ketones is 1. The molecule has 0 fully saturated rings. The molecule has 5 heteroatoms. The molecule has 1 aliphatic heterocycles. The van der Waals surface area contributed by atoms with Crippen LogP contribution in [0.5, 0.6) is 11.5 Å². The molecule has 0 unspecified atom stereocenters. The largest absolute Gasteiger partial charge is 0.460 e. The van der Waals surface area contributed by atoms with Gasteiger partial charge in [-0.3, -0.25) is 4.79 Å². The summed E-state index contributed by atoms with van der Waals surface area (Å²) in [5.41, 5.74) is 0.519. The maximum absolute atomic E-state index is 11.4. The van der Waals surface area contributed by atoms with E-state index in [1.54, 1.807) is 25.1 Å². The third kappa shape index (κ3) is 2.34. The van der Waals surface area contributed by atoms with Crippen molar-refractivity contribution in [2.45, 2.75) is 13.8 Å². The van der Waals surface area contributed by atoms with E-state index in [0.717, 1.165) is 0 Å². The van der Waals surface area contributed by atoms with E-state index in [2.05, 4.69) is 0 Å². The standard InChI is InChI=1S/C13H12O5/c1-3-16-13(15)12-7-17-11-6-9(8(2)14)4-5-10(11)18-12/h4-7H,3H2,1-2H3. The van der Waals surface area contributed by atoms with Crippen molar-refractivity contribution in [1.82, 2.24) is 0 Å². The molecule has 0 aliphatic carbocycles. The zero-order valence-corrected chi connectivity index (χ0v) is 10.1. The van der Waals surface area contributed by atoms with E-state index in [0.29, 0.717) is 17.1 Å². The van der Waals surface area contributed by atoms with E-state index >= 15 is 0 Å². The van der Waals surface area contributed by atoms with Gasteiger partial charge < -0.3 is 14.2 Å². The van der Waals surface area contributed by atoms with Gasteiger partial charge in [0, 0.05) is 5.56 Å². The maximum atomic E-state index is 11.4. The molecule has 1 heterocycles. The number of benzene rings is 1. The second-order valence-electron chi connectivity index (χ2n) is 3.64. The third-order valence-electron chi connectivity index (χ3n) is 2.34. The highest BCUT2D eigenvalue weighted by atomic mass is 16.6. The molecule has 0 saturated heterocycles. The molecule has 0 atom stereocenters. The second-order valence-corrected chi connectivity index (χ2v) is 3.64. The highest BCUT2D eigenvalue weighted by Crippen LogP contribution is 2.33. The maximum Gasteiger partial charge on any atom is 0.377 e. The summed E-state index contributed by atoms with van der Waals surface area (Å²) in [4.78, 5) is 22.6. The first-order chi connectivity index (χ1) is 8.61. The molecule has 0 radical (unpaired) electrons. The van der Waals surface area contributed by atoms with Crippen LogP contribution in [0.4, 0.5) is 0 Å². The fraction of sp³-hybridized carbons (Fsp3) is 0.231. The highest BCUT2D eigenvalue weighted by Gasteiger charge is 2.21. The lowest BCUT2D eigenvalue weighted by molar-refractivity contribution is -0.141. The van der Waals surface area contributed by atoms with E-state index < -0.39 is 5.97 Å². The third-order valence-corrected chi connectivity index (χ3v) is 2.34. The lowest BCUT2D eigenvalue weighted by Gasteiger charge is -2.17. The van der Waals surface area contributed by atoms with Crippen molar-refractivity contribution < 1.29 is 23.8 Å². The molecule has 2 rings (SSSR count). The topological polar surface area (TPSA) is 61.8 Å². The summed E-state index contributed by atoms with van der Waals surface area (Å²) in [7, 11) is 0. The Balaban J connectivity index is 2.21. The van der Waals surface area contributed by atoms with E-state index in [-0.39, 0.29) is 18.1 Å². The fourth-order valence-electron chi connectivity index (χ4n) is 1.45. The lowest BCUT2D eigenvalue weighted by Crippen LogP contribution is -2.16. The van der Waals surface area contributed by atoms with Gasteiger partial charge in [-0.15, -0.1) is 0 Å². The molecule has 1 aromatic carbocycles. The van der Waals surface area contributed by atoms with Gasteiger partial charge in [0.05, 0.1) is 6.61 Å². The van der Waals surface area contributed by atoms with E-state index in [1.165, 1.54) is 13.2 Å². The highest BCUT2D eigenvalue weighted by molar-refractivity contribution is 5.95. The minimum absolute atomic E-state index is 0.0140. The predicted molar refractivity (Wildman–Crippen MR) is 62.4 cm³/mol. The van der Waals surface area contributed by atoms with Crippen LogP contribution in [0.2, 0.25) is 0 Å². The van der Waals surface area contributed by atoms with Crippen molar-refractivity contribution in [3.05, 3.63) is 35.8 Å². The molecule has 5 nitrogen and oxygen atoms in total. The Morgan fingerprint density at radius 1 is 1.28 bits per heavy atom. The summed E-state index contributed by atoms with van der Waals surface area (Å²) in [6, 6.07) is 4.76. The smallest absolute Gasteiger partial charge is 0.377 e. The SMILES string of the molecule is CCOC(=O)C1=COc2cc(C(C)=O)ccc2O1. The molecule has 94 valence electrons. The quantitative estimate of drug-likeness (QED) is 0.605. The van der Waals surface area contributed by atoms with E-state index in [1.807, 2.05) is 0 Å². The van der Waals surface area contributed by atoms with Crippen molar-refractivity contribution in [2.75, 3.05) is 6.61 Å². The molecular formula is C13H12O5. The van der Waals surface area contributed by atoms with Gasteiger partial charge in [-0.1, -0.05) is 0 Å². The Morgan fingerprint density at radius 3 is 2.72 bits per heavy atom. The summed E-state index contributed by atoms with van der Waals surface area (Å²) in [6.45, 7) is 3.43. The number of fused-ring (bicyclic) bond motifs is 1. The van der Waals surface area contributed by atoms with Gasteiger partial charge in [-0.2, -0.15) is 0 Å². The van der Waals surface area contributed by atoms with Crippen LogP contribution in [0.1, 0.15) is 24.2 Å². The number of carbonyl (C=O) groups is 2. The fourth-order valence-corrected chi connectivity index (χ4v) is 1.45. The average molecular weight is 248 g/mol. The lowest BCUT2D eigenvalue weighted by atomic mass is 10.1. The van der Waals surface area contributed by atoms with Gasteiger partial charge in [0.1, 0.15) is 6.26 Å². The predicted octanol–water partition coefficient (Wildman–Crippen LogP) is 2.06. The van der Waals surface area contributed by atoms with Gasteiger partial charge in [0.15, 0.2) is 17.3 Å². The van der Waals surface area contributed by atoms with Gasteiger partial charge >= 0.3 is 5.97 Å². The first-order valence-electron chi connectivity index (χ1n) is 5.48. The Kier molecular flexibility index (Phi) is 3.32. The summed E-state index contributed by atoms with van der Waals surface area (Å²) in [6.07, 6.45) is 1.17. The Labute approximate surface area is 104 Å². The van der Waals surface area contributed by atoms with Crippen LogP contribution in [0, 0.1) is 0 Å². The number of carbonyl (C=O) groups excluding carboxylic acids is 2. The first kappa shape index (κ1) is 12.2. The molecule has 1 aromatic rings. The molecule has 0 amide bonds. The van der Waals surface area contributed by atoms with Gasteiger partial charge in [-0.25, -0.2) is 4.79 Å². The van der Waals surface area contributed by atoms with Crippen molar-refractivity contribution in [3.8, 4) is 11.5 Å². The normalized spacial score (nSPS) is 12.7. The van der Waals surface area contributed by atoms with Gasteiger partial charge in [-0.05, 0) is 32.0 Å². The van der Waals surface area contributed by atoms with Crippen LogP contribution in [-0.2, 0) is 9.53 Å². The molecule has 18 heavy (non-hydrogen) atoms. The summed E-state index contributed by atoms with van der Waals surface area (Å²) in [5, 5.41) is 0.